The minimum absolute atomic E-state index is 0. The molecule has 6 heteroatoms. The average molecular weight is 298 g/mol. The fourth-order valence-corrected chi connectivity index (χ4v) is 3.41. The van der Waals surface area contributed by atoms with Crippen LogP contribution in [0, 0.1) is 11.8 Å². The van der Waals surface area contributed by atoms with E-state index in [9.17, 15) is 9.59 Å². The molecule has 0 bridgehead atoms. The summed E-state index contributed by atoms with van der Waals surface area (Å²) < 4.78 is 0. The zero-order valence-corrected chi connectivity index (χ0v) is 12.1. The number of hydrogen-bond acceptors (Lipinski definition) is 3. The number of hydrogen-bond donors (Lipinski definition) is 2. The third-order valence-electron chi connectivity index (χ3n) is 4.47. The van der Waals surface area contributed by atoms with Crippen molar-refractivity contribution in [1.29, 1.82) is 0 Å². The second-order valence-electron chi connectivity index (χ2n) is 5.67. The Bertz CT molecular complexity index is 525. The maximum atomic E-state index is 12.4. The van der Waals surface area contributed by atoms with Crippen molar-refractivity contribution >= 4 is 18.3 Å². The Hall–Kier alpha value is -1.33. The number of nitrogens with two attached hydrogens (primary N) is 1. The van der Waals surface area contributed by atoms with Crippen LogP contribution < -0.4 is 11.3 Å². The first-order valence-electron chi connectivity index (χ1n) is 6.89. The summed E-state index contributed by atoms with van der Waals surface area (Å²) in [6.07, 6.45) is 4.91. The molecule has 0 aromatic carbocycles. The monoisotopic (exact) mass is 297 g/mol. The molecule has 1 saturated carbocycles. The first-order chi connectivity index (χ1) is 9.15. The van der Waals surface area contributed by atoms with E-state index in [1.165, 1.54) is 25.1 Å². The normalized spacial score (nSPS) is 28.6. The van der Waals surface area contributed by atoms with Crippen molar-refractivity contribution in [1.82, 2.24) is 9.88 Å². The number of likely N-dealkylation sites (tertiary alicyclic amines) is 1. The molecule has 110 valence electrons. The number of nitrogens with zero attached hydrogens (tertiary/aromatic N) is 1. The van der Waals surface area contributed by atoms with Crippen LogP contribution in [0.3, 0.4) is 0 Å². The summed E-state index contributed by atoms with van der Waals surface area (Å²) in [4.78, 5) is 27.8. The van der Waals surface area contributed by atoms with Gasteiger partial charge in [-0.05, 0) is 30.7 Å². The third-order valence-corrected chi connectivity index (χ3v) is 4.47. The van der Waals surface area contributed by atoms with Gasteiger partial charge in [0.2, 0.25) is 5.56 Å². The van der Waals surface area contributed by atoms with Crippen molar-refractivity contribution in [2.45, 2.75) is 25.3 Å². The van der Waals surface area contributed by atoms with E-state index >= 15 is 0 Å². The Morgan fingerprint density at radius 3 is 2.75 bits per heavy atom. The summed E-state index contributed by atoms with van der Waals surface area (Å²) in [6, 6.07) is 3.21. The average Bonchev–Trinajstić information content (AvgIpc) is 2.84. The third kappa shape index (κ3) is 2.74. The van der Waals surface area contributed by atoms with Gasteiger partial charge in [-0.3, -0.25) is 9.59 Å². The molecule has 0 spiro atoms. The quantitative estimate of drug-likeness (QED) is 0.811. The number of fused-ring (bicyclic) bond motifs is 1. The summed E-state index contributed by atoms with van der Waals surface area (Å²) >= 11 is 0. The summed E-state index contributed by atoms with van der Waals surface area (Å²) in [7, 11) is 0. The second kappa shape index (κ2) is 5.97. The van der Waals surface area contributed by atoms with E-state index in [0.29, 0.717) is 17.4 Å². The van der Waals surface area contributed by atoms with Gasteiger partial charge in [0, 0.05) is 31.4 Å². The molecule has 1 aromatic heterocycles. The van der Waals surface area contributed by atoms with Gasteiger partial charge in [-0.1, -0.05) is 6.42 Å². The van der Waals surface area contributed by atoms with E-state index in [0.717, 1.165) is 19.5 Å². The highest BCUT2D eigenvalue weighted by Crippen LogP contribution is 2.35. The van der Waals surface area contributed by atoms with Crippen LogP contribution in [0.4, 0.5) is 0 Å². The lowest BCUT2D eigenvalue weighted by molar-refractivity contribution is 0.0783. The molecule has 1 aromatic rings. The lowest BCUT2D eigenvalue weighted by Gasteiger charge is -2.29. The van der Waals surface area contributed by atoms with Crippen LogP contribution in [0.15, 0.2) is 23.1 Å². The number of rotatable bonds is 1. The molecule has 1 aliphatic carbocycles. The Balaban J connectivity index is 0.00000147. The van der Waals surface area contributed by atoms with Crippen LogP contribution in [-0.4, -0.2) is 34.9 Å². The molecule has 20 heavy (non-hydrogen) atoms. The highest BCUT2D eigenvalue weighted by atomic mass is 35.5. The van der Waals surface area contributed by atoms with Crippen molar-refractivity contribution in [3.63, 3.8) is 0 Å². The van der Waals surface area contributed by atoms with Gasteiger partial charge in [0.1, 0.15) is 0 Å². The molecule has 5 nitrogen and oxygen atoms in total. The summed E-state index contributed by atoms with van der Waals surface area (Å²) in [5.41, 5.74) is 6.52. The van der Waals surface area contributed by atoms with E-state index in [4.69, 9.17) is 5.73 Å². The minimum Gasteiger partial charge on any atom is -0.338 e. The number of pyridine rings is 1. The molecule has 3 unspecified atom stereocenters. The fourth-order valence-electron chi connectivity index (χ4n) is 3.41. The molecule has 3 atom stereocenters. The maximum absolute atomic E-state index is 12.4. The second-order valence-corrected chi connectivity index (χ2v) is 5.67. The van der Waals surface area contributed by atoms with Crippen LogP contribution in [0.5, 0.6) is 0 Å². The molecular formula is C14H20ClN3O2. The fraction of sp³-hybridized carbons (Fsp3) is 0.571. The summed E-state index contributed by atoms with van der Waals surface area (Å²) in [5.74, 6) is 0.994. The Morgan fingerprint density at radius 2 is 2.10 bits per heavy atom. The lowest BCUT2D eigenvalue weighted by Crippen LogP contribution is -2.38. The van der Waals surface area contributed by atoms with Crippen molar-refractivity contribution < 1.29 is 4.79 Å². The number of aromatic amines is 1. The molecule has 2 aliphatic rings. The zero-order chi connectivity index (χ0) is 13.4. The van der Waals surface area contributed by atoms with Crippen LogP contribution in [0.2, 0.25) is 0 Å². The topological polar surface area (TPSA) is 79.2 Å². The van der Waals surface area contributed by atoms with E-state index < -0.39 is 0 Å². The predicted octanol–water partition coefficient (Wildman–Crippen LogP) is 0.996. The highest BCUT2D eigenvalue weighted by Gasteiger charge is 2.40. The zero-order valence-electron chi connectivity index (χ0n) is 11.2. The molecule has 0 radical (unpaired) electrons. The number of amides is 1. The van der Waals surface area contributed by atoms with Crippen molar-refractivity contribution in [3.8, 4) is 0 Å². The van der Waals surface area contributed by atoms with Crippen molar-refractivity contribution in [2.75, 3.05) is 13.1 Å². The molecule has 1 amide bonds. The molecule has 2 heterocycles. The van der Waals surface area contributed by atoms with E-state index in [1.807, 2.05) is 4.90 Å². The van der Waals surface area contributed by atoms with Crippen LogP contribution in [0.1, 0.15) is 29.6 Å². The van der Waals surface area contributed by atoms with Gasteiger partial charge in [0.05, 0.1) is 5.56 Å². The minimum atomic E-state index is -0.186. The first kappa shape index (κ1) is 15.1. The molecule has 1 saturated heterocycles. The molecule has 3 rings (SSSR count). The van der Waals surface area contributed by atoms with Crippen LogP contribution in [0.25, 0.3) is 0 Å². The Labute approximate surface area is 123 Å². The number of halogens is 1. The van der Waals surface area contributed by atoms with Crippen LogP contribution in [-0.2, 0) is 0 Å². The SMILES string of the molecule is Cl.NC1CCCC2CN(C(=O)c3ccc(=O)[nH]c3)CC12. The van der Waals surface area contributed by atoms with Gasteiger partial charge < -0.3 is 15.6 Å². The summed E-state index contributed by atoms with van der Waals surface area (Å²) in [6.45, 7) is 1.56. The smallest absolute Gasteiger partial charge is 0.255 e. The molecule has 3 N–H and O–H groups in total. The van der Waals surface area contributed by atoms with Crippen molar-refractivity contribution in [3.05, 3.63) is 34.2 Å². The first-order valence-corrected chi connectivity index (χ1v) is 6.89. The van der Waals surface area contributed by atoms with E-state index in [2.05, 4.69) is 4.98 Å². The molecule has 1 aliphatic heterocycles. The number of nitrogens with one attached hydrogen (secondary N) is 1. The number of aromatic nitrogens is 1. The molecule has 2 fully saturated rings. The van der Waals surface area contributed by atoms with Gasteiger partial charge in [0.15, 0.2) is 0 Å². The van der Waals surface area contributed by atoms with Gasteiger partial charge in [-0.15, -0.1) is 12.4 Å². The number of carbonyl (C=O) groups excluding carboxylic acids is 1. The standard InChI is InChI=1S/C14H19N3O2.ClH/c15-12-3-1-2-10-7-17(8-11(10)12)14(19)9-4-5-13(18)16-6-9;/h4-6,10-12H,1-3,7-8,15H2,(H,16,18);1H. The Kier molecular flexibility index (Phi) is 4.50. The Morgan fingerprint density at radius 1 is 1.30 bits per heavy atom. The predicted molar refractivity (Wildman–Crippen MR) is 79.0 cm³/mol. The number of H-pyrrole nitrogens is 1. The van der Waals surface area contributed by atoms with E-state index in [1.54, 1.807) is 6.07 Å². The van der Waals surface area contributed by atoms with Crippen molar-refractivity contribution in [2.24, 2.45) is 17.6 Å². The van der Waals surface area contributed by atoms with Gasteiger partial charge in [-0.2, -0.15) is 0 Å². The summed E-state index contributed by atoms with van der Waals surface area (Å²) in [5, 5.41) is 0. The van der Waals surface area contributed by atoms with E-state index in [-0.39, 0.29) is 29.9 Å². The largest absolute Gasteiger partial charge is 0.338 e. The maximum Gasteiger partial charge on any atom is 0.255 e. The van der Waals surface area contributed by atoms with Gasteiger partial charge >= 0.3 is 0 Å². The van der Waals surface area contributed by atoms with Gasteiger partial charge in [-0.25, -0.2) is 0 Å². The van der Waals surface area contributed by atoms with Gasteiger partial charge in [0.25, 0.3) is 5.91 Å². The number of carbonyl (C=O) groups is 1. The highest BCUT2D eigenvalue weighted by molar-refractivity contribution is 5.94. The lowest BCUT2D eigenvalue weighted by atomic mass is 9.78. The molecular weight excluding hydrogens is 278 g/mol. The van der Waals surface area contributed by atoms with Crippen LogP contribution >= 0.6 is 12.4 Å².